The van der Waals surface area contributed by atoms with Gasteiger partial charge in [0, 0.05) is 19.2 Å². The predicted octanol–water partition coefficient (Wildman–Crippen LogP) is -0.0669. The van der Waals surface area contributed by atoms with Crippen LogP contribution in [0.15, 0.2) is 10.9 Å². The smallest absolute Gasteiger partial charge is 0.349 e. The van der Waals surface area contributed by atoms with E-state index in [1.165, 1.54) is 4.40 Å². The standard InChI is InChI=1S/C12H17N5O2/c1-7-3-4-16(6-9(7)18)10-5-11-14-15-12(19)17(11)8(2)13-10/h5,7,9,18H,3-4,6H2,1-2H3,(H,15,19). The number of hydrogen-bond acceptors (Lipinski definition) is 5. The van der Waals surface area contributed by atoms with E-state index in [0.29, 0.717) is 23.9 Å². The van der Waals surface area contributed by atoms with Crippen LogP contribution in [0.2, 0.25) is 0 Å². The van der Waals surface area contributed by atoms with Crippen LogP contribution in [0.1, 0.15) is 19.2 Å². The Bertz CT molecular complexity index is 662. The van der Waals surface area contributed by atoms with Crippen LogP contribution in [0.3, 0.4) is 0 Å². The Morgan fingerprint density at radius 3 is 3.05 bits per heavy atom. The number of piperidine rings is 1. The summed E-state index contributed by atoms with van der Waals surface area (Å²) in [5.41, 5.74) is 0.277. The first-order valence-electron chi connectivity index (χ1n) is 6.44. The topological polar surface area (TPSA) is 86.5 Å². The Hall–Kier alpha value is -1.89. The highest BCUT2D eigenvalue weighted by Crippen LogP contribution is 2.22. The van der Waals surface area contributed by atoms with Gasteiger partial charge in [-0.25, -0.2) is 19.3 Å². The molecule has 0 spiro atoms. The molecule has 1 saturated heterocycles. The Balaban J connectivity index is 1.99. The summed E-state index contributed by atoms with van der Waals surface area (Å²) in [6, 6.07) is 1.77. The molecule has 1 fully saturated rings. The van der Waals surface area contributed by atoms with Crippen LogP contribution in [0.5, 0.6) is 0 Å². The molecule has 2 aromatic heterocycles. The number of anilines is 1. The molecule has 0 radical (unpaired) electrons. The van der Waals surface area contributed by atoms with Gasteiger partial charge in [-0.2, -0.15) is 5.10 Å². The Kier molecular flexibility index (Phi) is 2.78. The number of aryl methyl sites for hydroxylation is 1. The Morgan fingerprint density at radius 1 is 1.53 bits per heavy atom. The maximum atomic E-state index is 11.5. The fraction of sp³-hybridized carbons (Fsp3) is 0.583. The number of H-pyrrole nitrogens is 1. The van der Waals surface area contributed by atoms with Gasteiger partial charge >= 0.3 is 5.69 Å². The minimum Gasteiger partial charge on any atom is -0.391 e. The third-order valence-corrected chi connectivity index (χ3v) is 3.80. The number of rotatable bonds is 1. The molecular formula is C12H17N5O2. The van der Waals surface area contributed by atoms with Crippen molar-refractivity contribution in [3.63, 3.8) is 0 Å². The van der Waals surface area contributed by atoms with Crippen LogP contribution in [-0.2, 0) is 0 Å². The fourth-order valence-electron chi connectivity index (χ4n) is 2.50. The lowest BCUT2D eigenvalue weighted by molar-refractivity contribution is 0.102. The molecule has 2 atom stereocenters. The number of aliphatic hydroxyl groups is 1. The van der Waals surface area contributed by atoms with Crippen LogP contribution in [0, 0.1) is 12.8 Å². The second-order valence-electron chi connectivity index (χ2n) is 5.16. The van der Waals surface area contributed by atoms with E-state index < -0.39 is 0 Å². The highest BCUT2D eigenvalue weighted by Gasteiger charge is 2.25. The monoisotopic (exact) mass is 263 g/mol. The first-order valence-corrected chi connectivity index (χ1v) is 6.44. The van der Waals surface area contributed by atoms with Gasteiger partial charge in [0.15, 0.2) is 5.65 Å². The van der Waals surface area contributed by atoms with Crippen LogP contribution >= 0.6 is 0 Å². The molecule has 2 aromatic rings. The van der Waals surface area contributed by atoms with Crippen molar-refractivity contribution in [1.82, 2.24) is 19.6 Å². The first kappa shape index (κ1) is 12.2. The van der Waals surface area contributed by atoms with Crippen LogP contribution < -0.4 is 10.6 Å². The fourth-order valence-corrected chi connectivity index (χ4v) is 2.50. The largest absolute Gasteiger partial charge is 0.391 e. The molecule has 7 nitrogen and oxygen atoms in total. The lowest BCUT2D eigenvalue weighted by Crippen LogP contribution is -2.43. The van der Waals surface area contributed by atoms with Crippen molar-refractivity contribution in [1.29, 1.82) is 0 Å². The highest BCUT2D eigenvalue weighted by molar-refractivity contribution is 5.51. The number of nitrogens with zero attached hydrogens (tertiary/aromatic N) is 4. The van der Waals surface area contributed by atoms with E-state index in [4.69, 9.17) is 0 Å². The van der Waals surface area contributed by atoms with Crippen molar-refractivity contribution in [2.24, 2.45) is 5.92 Å². The summed E-state index contributed by atoms with van der Waals surface area (Å²) in [5, 5.41) is 16.3. The van der Waals surface area contributed by atoms with Crippen LogP contribution in [0.25, 0.3) is 5.65 Å². The molecule has 0 bridgehead atoms. The molecule has 0 saturated carbocycles. The molecule has 0 aliphatic carbocycles. The third-order valence-electron chi connectivity index (χ3n) is 3.80. The molecule has 0 aromatic carbocycles. The van der Waals surface area contributed by atoms with Gasteiger partial charge in [-0.3, -0.25) is 0 Å². The van der Waals surface area contributed by atoms with Crippen molar-refractivity contribution >= 4 is 11.5 Å². The summed E-state index contributed by atoms with van der Waals surface area (Å²) in [4.78, 5) is 18.0. The number of aromatic nitrogens is 4. The first-order chi connectivity index (χ1) is 9.06. The molecule has 7 heteroatoms. The van der Waals surface area contributed by atoms with E-state index in [-0.39, 0.29) is 11.8 Å². The van der Waals surface area contributed by atoms with Crippen LogP contribution in [-0.4, -0.2) is 43.9 Å². The second-order valence-corrected chi connectivity index (χ2v) is 5.16. The summed E-state index contributed by atoms with van der Waals surface area (Å²) in [5.74, 6) is 1.67. The van der Waals surface area contributed by atoms with E-state index in [9.17, 15) is 9.90 Å². The Morgan fingerprint density at radius 2 is 2.32 bits per heavy atom. The summed E-state index contributed by atoms with van der Waals surface area (Å²) in [6.07, 6.45) is 0.592. The normalized spacial score (nSPS) is 24.1. The zero-order valence-electron chi connectivity index (χ0n) is 11.0. The zero-order valence-corrected chi connectivity index (χ0v) is 11.0. The molecule has 102 valence electrons. The number of hydrogen-bond donors (Lipinski definition) is 2. The molecule has 2 N–H and O–H groups in total. The van der Waals surface area contributed by atoms with Crippen molar-refractivity contribution in [2.45, 2.75) is 26.4 Å². The number of β-amino-alcohol motifs (C(OH)–C–C–N with tert-alkyl or cyclic N) is 1. The van der Waals surface area contributed by atoms with Gasteiger partial charge in [-0.15, -0.1) is 0 Å². The van der Waals surface area contributed by atoms with Crippen molar-refractivity contribution in [3.8, 4) is 0 Å². The highest BCUT2D eigenvalue weighted by atomic mass is 16.3. The number of aliphatic hydroxyl groups excluding tert-OH is 1. The molecule has 19 heavy (non-hydrogen) atoms. The van der Waals surface area contributed by atoms with E-state index in [0.717, 1.165) is 18.8 Å². The van der Waals surface area contributed by atoms with Gasteiger partial charge in [0.25, 0.3) is 0 Å². The van der Waals surface area contributed by atoms with Gasteiger partial charge in [0.05, 0.1) is 6.10 Å². The SMILES string of the molecule is Cc1nc(N2CCC(C)C(O)C2)cc2n[nH]c(=O)n12. The predicted molar refractivity (Wildman–Crippen MR) is 70.3 cm³/mol. The second kappa shape index (κ2) is 4.34. The van der Waals surface area contributed by atoms with Gasteiger partial charge in [-0.05, 0) is 19.3 Å². The lowest BCUT2D eigenvalue weighted by Gasteiger charge is -2.35. The minimum atomic E-state index is -0.339. The van der Waals surface area contributed by atoms with Crippen molar-refractivity contribution < 1.29 is 5.11 Å². The summed E-state index contributed by atoms with van der Waals surface area (Å²) >= 11 is 0. The summed E-state index contributed by atoms with van der Waals surface area (Å²) in [7, 11) is 0. The van der Waals surface area contributed by atoms with E-state index in [1.807, 2.05) is 4.90 Å². The van der Waals surface area contributed by atoms with E-state index in [1.54, 1.807) is 13.0 Å². The van der Waals surface area contributed by atoms with Gasteiger partial charge in [-0.1, -0.05) is 6.92 Å². The molecule has 1 aliphatic heterocycles. The lowest BCUT2D eigenvalue weighted by atomic mass is 9.96. The maximum Gasteiger partial charge on any atom is 0.349 e. The number of nitrogens with one attached hydrogen (secondary N) is 1. The summed E-state index contributed by atoms with van der Waals surface area (Å²) in [6.45, 7) is 5.25. The van der Waals surface area contributed by atoms with Gasteiger partial charge in [0.1, 0.15) is 11.6 Å². The average molecular weight is 263 g/mol. The number of fused-ring (bicyclic) bond motifs is 1. The zero-order chi connectivity index (χ0) is 13.6. The minimum absolute atomic E-state index is 0.279. The van der Waals surface area contributed by atoms with E-state index >= 15 is 0 Å². The third kappa shape index (κ3) is 1.99. The number of aromatic amines is 1. The van der Waals surface area contributed by atoms with Gasteiger partial charge < -0.3 is 10.0 Å². The molecular weight excluding hydrogens is 246 g/mol. The average Bonchev–Trinajstić information content (AvgIpc) is 2.75. The molecule has 3 heterocycles. The van der Waals surface area contributed by atoms with Crippen LogP contribution in [0.4, 0.5) is 5.82 Å². The molecule has 2 unspecified atom stereocenters. The maximum absolute atomic E-state index is 11.5. The molecule has 3 rings (SSSR count). The van der Waals surface area contributed by atoms with Gasteiger partial charge in [0.2, 0.25) is 0 Å². The quantitative estimate of drug-likeness (QED) is 0.752. The Labute approximate surface area is 109 Å². The molecule has 1 aliphatic rings. The summed E-state index contributed by atoms with van der Waals surface area (Å²) < 4.78 is 1.44. The molecule has 0 amide bonds. The van der Waals surface area contributed by atoms with Crippen molar-refractivity contribution in [3.05, 3.63) is 22.4 Å². The van der Waals surface area contributed by atoms with Crippen molar-refractivity contribution in [2.75, 3.05) is 18.0 Å². The van der Waals surface area contributed by atoms with E-state index in [2.05, 4.69) is 22.1 Å².